The number of hydrogen-bond donors (Lipinski definition) is 0. The zero-order chi connectivity index (χ0) is 12.4. The van der Waals surface area contributed by atoms with Gasteiger partial charge >= 0.3 is 0 Å². The molecular formula is C11H7ClN4O. The summed E-state index contributed by atoms with van der Waals surface area (Å²) < 4.78 is 0. The second-order valence-corrected chi connectivity index (χ2v) is 4.09. The van der Waals surface area contributed by atoms with Crippen molar-refractivity contribution in [2.75, 3.05) is 0 Å². The molecule has 1 aromatic heterocycles. The summed E-state index contributed by atoms with van der Waals surface area (Å²) in [6, 6.07) is 3.54. The van der Waals surface area contributed by atoms with Gasteiger partial charge in [-0.1, -0.05) is 11.6 Å². The van der Waals surface area contributed by atoms with Crippen LogP contribution in [0, 0.1) is 22.7 Å². The molecule has 5 nitrogen and oxygen atoms in total. The number of ketones is 1. The second kappa shape index (κ2) is 4.48. The van der Waals surface area contributed by atoms with Crippen molar-refractivity contribution < 1.29 is 4.79 Å². The molecule has 6 heteroatoms. The summed E-state index contributed by atoms with van der Waals surface area (Å²) in [5.41, 5.74) is 0.142. The van der Waals surface area contributed by atoms with Gasteiger partial charge in [-0.25, -0.2) is 9.97 Å². The summed E-state index contributed by atoms with van der Waals surface area (Å²) in [4.78, 5) is 19.4. The number of carbonyl (C=O) groups is 1. The summed E-state index contributed by atoms with van der Waals surface area (Å²) >= 11 is 5.90. The molecule has 17 heavy (non-hydrogen) atoms. The maximum absolute atomic E-state index is 11.6. The molecule has 0 aliphatic heterocycles. The van der Waals surface area contributed by atoms with Gasteiger partial charge in [-0.3, -0.25) is 4.79 Å². The van der Waals surface area contributed by atoms with Crippen molar-refractivity contribution in [3.05, 3.63) is 22.2 Å². The van der Waals surface area contributed by atoms with Crippen LogP contribution < -0.4 is 0 Å². The molecule has 1 unspecified atom stereocenters. The minimum absolute atomic E-state index is 0.0424. The average molecular weight is 247 g/mol. The molecule has 1 aliphatic carbocycles. The summed E-state index contributed by atoms with van der Waals surface area (Å²) in [5.74, 6) is -0.315. The molecule has 0 radical (unpaired) electrons. The first-order chi connectivity index (χ1) is 8.17. The predicted molar refractivity (Wildman–Crippen MR) is 58.1 cm³/mol. The number of nitriles is 2. The normalized spacial score (nSPS) is 18.8. The first-order valence-electron chi connectivity index (χ1n) is 5.07. The Hall–Kier alpha value is -1.98. The molecule has 0 amide bonds. The minimum Gasteiger partial charge on any atom is -0.299 e. The van der Waals surface area contributed by atoms with Crippen molar-refractivity contribution in [1.82, 2.24) is 9.97 Å². The monoisotopic (exact) mass is 246 g/mol. The van der Waals surface area contributed by atoms with Gasteiger partial charge in [0.15, 0.2) is 16.5 Å². The van der Waals surface area contributed by atoms with Crippen LogP contribution in [0.2, 0.25) is 5.15 Å². The highest BCUT2D eigenvalue weighted by Gasteiger charge is 2.30. The van der Waals surface area contributed by atoms with Crippen molar-refractivity contribution in [2.24, 2.45) is 0 Å². The van der Waals surface area contributed by atoms with Gasteiger partial charge in [-0.05, 0) is 12.8 Å². The molecule has 84 valence electrons. The molecule has 1 saturated carbocycles. The Morgan fingerprint density at radius 1 is 1.24 bits per heavy atom. The van der Waals surface area contributed by atoms with E-state index in [2.05, 4.69) is 9.97 Å². The number of Topliss-reactive ketones (excluding diaryl/α,β-unsaturated/α-hetero) is 1. The van der Waals surface area contributed by atoms with Crippen molar-refractivity contribution in [2.45, 2.75) is 25.2 Å². The zero-order valence-corrected chi connectivity index (χ0v) is 9.53. The Morgan fingerprint density at radius 3 is 2.41 bits per heavy atom. The number of rotatable bonds is 1. The van der Waals surface area contributed by atoms with E-state index >= 15 is 0 Å². The number of nitrogens with zero attached hydrogens (tertiary/aromatic N) is 4. The lowest BCUT2D eigenvalue weighted by molar-refractivity contribution is -0.118. The van der Waals surface area contributed by atoms with Crippen LogP contribution in [0.3, 0.4) is 0 Å². The van der Waals surface area contributed by atoms with Gasteiger partial charge in [0.05, 0.1) is 11.6 Å². The van der Waals surface area contributed by atoms with Crippen LogP contribution in [0.25, 0.3) is 0 Å². The number of carbonyl (C=O) groups excluding carboxylic acids is 1. The van der Waals surface area contributed by atoms with Gasteiger partial charge < -0.3 is 0 Å². The van der Waals surface area contributed by atoms with Crippen molar-refractivity contribution in [3.63, 3.8) is 0 Å². The largest absolute Gasteiger partial charge is 0.299 e. The number of hydrogen-bond acceptors (Lipinski definition) is 5. The third-order valence-electron chi connectivity index (χ3n) is 2.72. The van der Waals surface area contributed by atoms with Crippen LogP contribution in [-0.4, -0.2) is 15.8 Å². The van der Waals surface area contributed by atoms with E-state index in [1.807, 2.05) is 0 Å². The Kier molecular flexibility index (Phi) is 3.03. The van der Waals surface area contributed by atoms with Crippen LogP contribution in [0.4, 0.5) is 0 Å². The number of halogens is 1. The van der Waals surface area contributed by atoms with Crippen molar-refractivity contribution >= 4 is 17.4 Å². The average Bonchev–Trinajstić information content (AvgIpc) is 2.75. The summed E-state index contributed by atoms with van der Waals surface area (Å²) in [6.45, 7) is 0. The smallest absolute Gasteiger partial charge is 0.178 e. The lowest BCUT2D eigenvalue weighted by atomic mass is 10.0. The molecule has 1 aliphatic rings. The van der Waals surface area contributed by atoms with Crippen LogP contribution >= 0.6 is 11.6 Å². The lowest BCUT2D eigenvalue weighted by Crippen LogP contribution is -2.10. The Labute approximate surface area is 103 Å². The lowest BCUT2D eigenvalue weighted by Gasteiger charge is -2.09. The molecule has 0 spiro atoms. The van der Waals surface area contributed by atoms with E-state index in [-0.39, 0.29) is 28.2 Å². The topological polar surface area (TPSA) is 90.4 Å². The maximum Gasteiger partial charge on any atom is 0.178 e. The molecule has 0 bridgehead atoms. The highest BCUT2D eigenvalue weighted by molar-refractivity contribution is 6.30. The highest BCUT2D eigenvalue weighted by atomic mass is 35.5. The summed E-state index contributed by atoms with van der Waals surface area (Å²) in [5, 5.41) is 17.6. The van der Waals surface area contributed by atoms with E-state index in [0.717, 1.165) is 6.42 Å². The second-order valence-electron chi connectivity index (χ2n) is 3.73. The summed E-state index contributed by atoms with van der Waals surface area (Å²) in [6.07, 6.45) is 1.97. The van der Waals surface area contributed by atoms with Crippen LogP contribution in [0.5, 0.6) is 0 Å². The van der Waals surface area contributed by atoms with Gasteiger partial charge in [0.1, 0.15) is 17.9 Å². The third-order valence-corrected chi connectivity index (χ3v) is 3.00. The third kappa shape index (κ3) is 1.98. The van der Waals surface area contributed by atoms with E-state index in [4.69, 9.17) is 22.1 Å². The molecule has 1 atom stereocenters. The fourth-order valence-corrected chi connectivity index (χ4v) is 2.17. The van der Waals surface area contributed by atoms with E-state index < -0.39 is 0 Å². The maximum atomic E-state index is 11.6. The van der Waals surface area contributed by atoms with Crippen LogP contribution in [-0.2, 0) is 4.79 Å². The molecule has 0 N–H and O–H groups in total. The van der Waals surface area contributed by atoms with Gasteiger partial charge in [0.2, 0.25) is 0 Å². The highest BCUT2D eigenvalue weighted by Crippen LogP contribution is 2.33. The SMILES string of the molecule is N#Cc1nc(Cl)c(C2CCCC2=O)nc1C#N. The van der Waals surface area contributed by atoms with E-state index in [0.29, 0.717) is 18.5 Å². The fraction of sp³-hybridized carbons (Fsp3) is 0.364. The van der Waals surface area contributed by atoms with Crippen LogP contribution in [0.15, 0.2) is 0 Å². The van der Waals surface area contributed by atoms with Crippen LogP contribution in [0.1, 0.15) is 42.3 Å². The Balaban J connectivity index is 2.53. The van der Waals surface area contributed by atoms with Crippen molar-refractivity contribution in [1.29, 1.82) is 10.5 Å². The standard InChI is InChI=1S/C11H7ClN4O/c12-11-10(6-2-1-3-9(6)17)15-7(4-13)8(5-14)16-11/h6H,1-3H2. The summed E-state index contributed by atoms with van der Waals surface area (Å²) in [7, 11) is 0. The van der Waals surface area contributed by atoms with Gasteiger partial charge in [0, 0.05) is 6.42 Å². The van der Waals surface area contributed by atoms with Crippen molar-refractivity contribution in [3.8, 4) is 12.1 Å². The van der Waals surface area contributed by atoms with Gasteiger partial charge in [0.25, 0.3) is 0 Å². The number of aromatic nitrogens is 2. The Morgan fingerprint density at radius 2 is 1.88 bits per heavy atom. The van der Waals surface area contributed by atoms with Gasteiger partial charge in [-0.15, -0.1) is 0 Å². The molecule has 0 saturated heterocycles. The molecule has 1 fully saturated rings. The minimum atomic E-state index is -0.380. The first kappa shape index (κ1) is 11.5. The predicted octanol–water partition coefficient (Wildman–Crippen LogP) is 1.71. The molecule has 1 heterocycles. The molecule has 1 aromatic rings. The zero-order valence-electron chi connectivity index (χ0n) is 8.77. The molecule has 2 rings (SSSR count). The van der Waals surface area contributed by atoms with E-state index in [1.165, 1.54) is 0 Å². The fourth-order valence-electron chi connectivity index (χ4n) is 1.91. The Bertz CT molecular complexity index is 570. The quantitative estimate of drug-likeness (QED) is 0.752. The first-order valence-corrected chi connectivity index (χ1v) is 5.45. The molecular weight excluding hydrogens is 240 g/mol. The van der Waals surface area contributed by atoms with E-state index in [1.54, 1.807) is 12.1 Å². The van der Waals surface area contributed by atoms with E-state index in [9.17, 15) is 4.79 Å². The van der Waals surface area contributed by atoms with Gasteiger partial charge in [-0.2, -0.15) is 10.5 Å². The molecule has 0 aromatic carbocycles.